The summed E-state index contributed by atoms with van der Waals surface area (Å²) in [6.45, 7) is 2.73. The van der Waals surface area contributed by atoms with Gasteiger partial charge in [0.25, 0.3) is 11.7 Å². The molecule has 1 aliphatic rings. The van der Waals surface area contributed by atoms with E-state index in [-0.39, 0.29) is 18.1 Å². The molecule has 0 bridgehead atoms. The Balaban J connectivity index is 1.93. The molecule has 0 atom stereocenters. The van der Waals surface area contributed by atoms with Crippen molar-refractivity contribution < 1.29 is 19.2 Å². The van der Waals surface area contributed by atoms with E-state index in [2.05, 4.69) is 15.3 Å². The van der Waals surface area contributed by atoms with Gasteiger partial charge in [-0.05, 0) is 29.8 Å². The number of rotatable bonds is 4. The molecule has 0 fully saturated rings. The maximum atomic E-state index is 12.6. The zero-order valence-electron chi connectivity index (χ0n) is 13.3. The second kappa shape index (κ2) is 6.09. The van der Waals surface area contributed by atoms with Crippen molar-refractivity contribution in [3.63, 3.8) is 0 Å². The number of ether oxygens (including phenoxy) is 1. The summed E-state index contributed by atoms with van der Waals surface area (Å²) in [5, 5.41) is 15.6. The first kappa shape index (κ1) is 16.8. The molecule has 0 radical (unpaired) electrons. The summed E-state index contributed by atoms with van der Waals surface area (Å²) in [5.41, 5.74) is -1.23. The van der Waals surface area contributed by atoms with Gasteiger partial charge in [0.05, 0.1) is 0 Å². The molecule has 3 rings (SSSR count). The van der Waals surface area contributed by atoms with E-state index in [0.717, 1.165) is 4.90 Å². The van der Waals surface area contributed by atoms with Gasteiger partial charge in [-0.25, -0.2) is 4.98 Å². The molecular weight excluding hydrogens is 350 g/mol. The van der Waals surface area contributed by atoms with Crippen molar-refractivity contribution >= 4 is 39.9 Å². The van der Waals surface area contributed by atoms with Crippen LogP contribution in [0, 0.1) is 10.1 Å². The highest BCUT2D eigenvalue weighted by molar-refractivity contribution is 7.13. The lowest BCUT2D eigenvalue weighted by Crippen LogP contribution is -2.54. The number of fused-ring (bicyclic) bond motifs is 1. The van der Waals surface area contributed by atoms with Gasteiger partial charge in [0, 0.05) is 17.6 Å². The minimum Gasteiger partial charge on any atom is -0.472 e. The molecule has 0 saturated heterocycles. The van der Waals surface area contributed by atoms with Crippen molar-refractivity contribution in [1.82, 2.24) is 9.97 Å². The van der Waals surface area contributed by atoms with Crippen LogP contribution >= 0.6 is 11.3 Å². The predicted molar refractivity (Wildman–Crippen MR) is 88.7 cm³/mol. The van der Waals surface area contributed by atoms with Crippen LogP contribution in [0.4, 0.5) is 16.8 Å². The summed E-state index contributed by atoms with van der Waals surface area (Å²) >= 11 is 1.23. The van der Waals surface area contributed by atoms with E-state index in [1.807, 2.05) is 0 Å². The third-order valence-electron chi connectivity index (χ3n) is 3.37. The number of carbonyl (C=O) groups excluding carboxylic acids is 2. The summed E-state index contributed by atoms with van der Waals surface area (Å²) in [7, 11) is 0. The predicted octanol–water partition coefficient (Wildman–Crippen LogP) is 1.59. The molecule has 2 amide bonds. The summed E-state index contributed by atoms with van der Waals surface area (Å²) in [6.07, 6.45) is 1.53. The number of carbonyl (C=O) groups is 2. The van der Waals surface area contributed by atoms with E-state index in [1.165, 1.54) is 29.7 Å². The molecular formula is C14H13N5O5S. The number of amides is 2. The van der Waals surface area contributed by atoms with Crippen LogP contribution in [0.1, 0.15) is 13.8 Å². The smallest absolute Gasteiger partial charge is 0.366 e. The Kier molecular flexibility index (Phi) is 4.08. The SMILES string of the molecule is CC1(C)Oc2ccc([N+](=O)[O-])nc2N(CC(=O)Nc2nccs2)C1=O. The van der Waals surface area contributed by atoms with Crippen LogP contribution in [0.15, 0.2) is 23.7 Å². The standard InChI is InChI=1S/C14H13N5O5S/c1-14(2)12(21)18(7-10(20)17-13-15-5-6-25-13)11-8(24-14)3-4-9(16-11)19(22)23/h3-6H,7H2,1-2H3,(H,15,17,20). The van der Waals surface area contributed by atoms with E-state index in [4.69, 9.17) is 4.74 Å². The normalized spacial score (nSPS) is 15.3. The lowest BCUT2D eigenvalue weighted by Gasteiger charge is -2.35. The molecule has 2 aromatic rings. The van der Waals surface area contributed by atoms with Crippen molar-refractivity contribution in [2.45, 2.75) is 19.4 Å². The van der Waals surface area contributed by atoms with Gasteiger partial charge in [0.2, 0.25) is 5.91 Å². The third kappa shape index (κ3) is 3.26. The number of hydrogen-bond acceptors (Lipinski definition) is 8. The van der Waals surface area contributed by atoms with Gasteiger partial charge >= 0.3 is 5.82 Å². The molecule has 0 unspecified atom stereocenters. The van der Waals surface area contributed by atoms with E-state index in [9.17, 15) is 19.7 Å². The molecule has 0 saturated carbocycles. The van der Waals surface area contributed by atoms with Crippen molar-refractivity contribution in [1.29, 1.82) is 0 Å². The van der Waals surface area contributed by atoms with E-state index < -0.39 is 28.2 Å². The van der Waals surface area contributed by atoms with Crippen molar-refractivity contribution in [2.24, 2.45) is 0 Å². The van der Waals surface area contributed by atoms with Crippen LogP contribution in [-0.2, 0) is 9.59 Å². The van der Waals surface area contributed by atoms with Crippen molar-refractivity contribution in [3.05, 3.63) is 33.8 Å². The first-order valence-corrected chi connectivity index (χ1v) is 8.01. The maximum Gasteiger partial charge on any atom is 0.366 e. The monoisotopic (exact) mass is 363 g/mol. The molecule has 2 aromatic heterocycles. The van der Waals surface area contributed by atoms with Crippen LogP contribution in [0.2, 0.25) is 0 Å². The fourth-order valence-corrected chi connectivity index (χ4v) is 2.82. The molecule has 130 valence electrons. The van der Waals surface area contributed by atoms with E-state index in [0.29, 0.717) is 5.13 Å². The second-order valence-corrected chi connectivity index (χ2v) is 6.53. The maximum absolute atomic E-state index is 12.6. The number of hydrogen-bond donors (Lipinski definition) is 1. The van der Waals surface area contributed by atoms with Gasteiger partial charge < -0.3 is 20.2 Å². The zero-order valence-corrected chi connectivity index (χ0v) is 14.1. The molecule has 0 aromatic carbocycles. The average Bonchev–Trinajstić information content (AvgIpc) is 3.04. The number of pyridine rings is 1. The number of thiazole rings is 1. The number of anilines is 2. The average molecular weight is 363 g/mol. The Labute approximate surface area is 145 Å². The fraction of sp³-hybridized carbons (Fsp3) is 0.286. The number of nitrogens with zero attached hydrogens (tertiary/aromatic N) is 4. The number of aromatic nitrogens is 2. The molecule has 25 heavy (non-hydrogen) atoms. The van der Waals surface area contributed by atoms with Gasteiger partial charge in [-0.3, -0.25) is 14.5 Å². The Morgan fingerprint density at radius 1 is 1.48 bits per heavy atom. The van der Waals surface area contributed by atoms with Gasteiger partial charge in [-0.15, -0.1) is 11.3 Å². The third-order valence-corrected chi connectivity index (χ3v) is 4.06. The zero-order chi connectivity index (χ0) is 18.2. The Hall–Kier alpha value is -3.08. The fourth-order valence-electron chi connectivity index (χ4n) is 2.27. The first-order valence-electron chi connectivity index (χ1n) is 7.14. The Morgan fingerprint density at radius 3 is 2.88 bits per heavy atom. The largest absolute Gasteiger partial charge is 0.472 e. The molecule has 0 spiro atoms. The van der Waals surface area contributed by atoms with Gasteiger partial charge in [0.15, 0.2) is 16.5 Å². The highest BCUT2D eigenvalue weighted by atomic mass is 32.1. The quantitative estimate of drug-likeness (QED) is 0.645. The highest BCUT2D eigenvalue weighted by Crippen LogP contribution is 2.37. The van der Waals surface area contributed by atoms with Crippen LogP contribution in [0.25, 0.3) is 0 Å². The first-order chi connectivity index (χ1) is 11.8. The Morgan fingerprint density at radius 2 is 2.24 bits per heavy atom. The van der Waals surface area contributed by atoms with Crippen molar-refractivity contribution in [3.8, 4) is 5.75 Å². The molecule has 0 aliphatic carbocycles. The molecule has 1 N–H and O–H groups in total. The van der Waals surface area contributed by atoms with Crippen LogP contribution in [0.5, 0.6) is 5.75 Å². The highest BCUT2D eigenvalue weighted by Gasteiger charge is 2.45. The van der Waals surface area contributed by atoms with Gasteiger partial charge in [-0.1, -0.05) is 0 Å². The second-order valence-electron chi connectivity index (χ2n) is 5.64. The van der Waals surface area contributed by atoms with Crippen LogP contribution in [-0.4, -0.2) is 38.9 Å². The number of nitro groups is 1. The minimum atomic E-state index is -1.23. The van der Waals surface area contributed by atoms with Gasteiger partial charge in [-0.2, -0.15) is 0 Å². The summed E-state index contributed by atoms with van der Waals surface area (Å²) < 4.78 is 5.57. The van der Waals surface area contributed by atoms with Crippen LogP contribution in [0.3, 0.4) is 0 Å². The summed E-state index contributed by atoms with van der Waals surface area (Å²) in [5.74, 6) is -1.34. The topological polar surface area (TPSA) is 128 Å². The van der Waals surface area contributed by atoms with E-state index in [1.54, 1.807) is 19.2 Å². The lowest BCUT2D eigenvalue weighted by atomic mass is 10.1. The molecule has 1 aliphatic heterocycles. The summed E-state index contributed by atoms with van der Waals surface area (Å²) in [6, 6.07) is 2.54. The van der Waals surface area contributed by atoms with E-state index >= 15 is 0 Å². The minimum absolute atomic E-state index is 0.0622. The summed E-state index contributed by atoms with van der Waals surface area (Å²) in [4.78, 5) is 44.0. The Bertz CT molecular complexity index is 851. The molecule has 11 heteroatoms. The molecule has 3 heterocycles. The van der Waals surface area contributed by atoms with Crippen molar-refractivity contribution in [2.75, 3.05) is 16.8 Å². The number of nitrogens with one attached hydrogen (secondary N) is 1. The van der Waals surface area contributed by atoms with Crippen LogP contribution < -0.4 is 15.0 Å². The lowest BCUT2D eigenvalue weighted by molar-refractivity contribution is -0.389. The van der Waals surface area contributed by atoms with Gasteiger partial charge in [0.1, 0.15) is 6.54 Å². The molecule has 10 nitrogen and oxygen atoms in total.